The molecule has 0 bridgehead atoms. The van der Waals surface area contributed by atoms with E-state index in [2.05, 4.69) is 168 Å². The van der Waals surface area contributed by atoms with Crippen molar-refractivity contribution in [3.63, 3.8) is 0 Å². The van der Waals surface area contributed by atoms with Gasteiger partial charge in [-0.05, 0) is 33.9 Å². The summed E-state index contributed by atoms with van der Waals surface area (Å²) in [5, 5.41) is 2.53. The van der Waals surface area contributed by atoms with Crippen LogP contribution < -0.4 is 0 Å². The number of hydrogen-bond acceptors (Lipinski definition) is 0. The van der Waals surface area contributed by atoms with Gasteiger partial charge in [0, 0.05) is 27.5 Å². The fourth-order valence-electron chi connectivity index (χ4n) is 6.50. The van der Waals surface area contributed by atoms with Gasteiger partial charge in [-0.15, -0.1) is 0 Å². The lowest BCUT2D eigenvalue weighted by Gasteiger charge is -2.22. The van der Waals surface area contributed by atoms with Crippen LogP contribution in [0.1, 0.15) is 27.8 Å². The molecule has 1 aromatic heterocycles. The first-order valence-electron chi connectivity index (χ1n) is 14.1. The number of benzene rings is 6. The van der Waals surface area contributed by atoms with Crippen molar-refractivity contribution in [1.82, 2.24) is 4.57 Å². The van der Waals surface area contributed by atoms with Gasteiger partial charge < -0.3 is 4.57 Å². The van der Waals surface area contributed by atoms with Crippen LogP contribution in [-0.4, -0.2) is 4.57 Å². The lowest BCUT2D eigenvalue weighted by Crippen LogP contribution is -2.04. The molecular weight excluding hydrogens is 494 g/mol. The minimum Gasteiger partial charge on any atom is -0.307 e. The molecule has 192 valence electrons. The average Bonchev–Trinajstić information content (AvgIpc) is 3.31. The van der Waals surface area contributed by atoms with Crippen molar-refractivity contribution in [1.29, 1.82) is 0 Å². The number of allylic oxidation sites excluding steroid dienone is 2. The van der Waals surface area contributed by atoms with Gasteiger partial charge in [0.1, 0.15) is 0 Å². The smallest absolute Gasteiger partial charge is 0.0620 e. The zero-order chi connectivity index (χ0) is 27.2. The summed E-state index contributed by atoms with van der Waals surface area (Å²) in [6.45, 7) is 0. The summed E-state index contributed by atoms with van der Waals surface area (Å²) in [6.07, 6.45) is 0. The Morgan fingerprint density at radius 3 is 1.39 bits per heavy atom. The molecule has 1 aliphatic heterocycles. The van der Waals surface area contributed by atoms with Gasteiger partial charge in [0.05, 0.1) is 16.7 Å². The molecule has 6 aromatic carbocycles. The monoisotopic (exact) mass is 521 g/mol. The highest BCUT2D eigenvalue weighted by molar-refractivity contribution is 6.29. The predicted molar refractivity (Wildman–Crippen MR) is 173 cm³/mol. The van der Waals surface area contributed by atoms with E-state index in [1.165, 1.54) is 72.0 Å². The van der Waals surface area contributed by atoms with E-state index in [1.807, 2.05) is 0 Å². The van der Waals surface area contributed by atoms with E-state index < -0.39 is 0 Å². The van der Waals surface area contributed by atoms with Crippen molar-refractivity contribution in [2.75, 3.05) is 0 Å². The van der Waals surface area contributed by atoms with Gasteiger partial charge in [0.25, 0.3) is 0 Å². The molecule has 0 fully saturated rings. The van der Waals surface area contributed by atoms with E-state index in [4.69, 9.17) is 0 Å². The Morgan fingerprint density at radius 1 is 0.317 bits per heavy atom. The van der Waals surface area contributed by atoms with Crippen molar-refractivity contribution < 1.29 is 0 Å². The molecule has 2 heterocycles. The lowest BCUT2D eigenvalue weighted by atomic mass is 9.82. The molecule has 0 atom stereocenters. The number of aromatic nitrogens is 1. The summed E-state index contributed by atoms with van der Waals surface area (Å²) in [4.78, 5) is 0. The third kappa shape index (κ3) is 3.71. The second kappa shape index (κ2) is 9.66. The first kappa shape index (κ1) is 23.5. The standard InChI is InChI=1S/C40H27N/c1-5-16-28(17-6-1)36-34-26-15-25-33-32-24-13-14-27-35(32)41(40(33)34)39(31-22-11-4-12-23-31)38(30-20-9-3-10-21-30)37(36)29-18-7-2-8-19-29/h1-27H. The Labute approximate surface area is 240 Å². The van der Waals surface area contributed by atoms with Gasteiger partial charge in [-0.3, -0.25) is 0 Å². The lowest BCUT2D eigenvalue weighted by molar-refractivity contribution is 1.22. The molecule has 8 rings (SSSR count). The SMILES string of the molecule is c1ccc(C2=C(c3ccccc3)c3cccc4c5ccccc5n(c34)C(c3ccccc3)=C2c2ccccc2)cc1. The maximum absolute atomic E-state index is 2.52. The van der Waals surface area contributed by atoms with Crippen molar-refractivity contribution in [3.05, 3.63) is 192 Å². The zero-order valence-corrected chi connectivity index (χ0v) is 22.5. The molecule has 1 nitrogen and oxygen atoms in total. The molecular formula is C40H27N. The van der Waals surface area contributed by atoms with Crippen LogP contribution in [-0.2, 0) is 0 Å². The number of nitrogens with zero attached hydrogens (tertiary/aromatic N) is 1. The van der Waals surface area contributed by atoms with Crippen molar-refractivity contribution in [2.45, 2.75) is 0 Å². The number of hydrogen-bond donors (Lipinski definition) is 0. The second-order valence-corrected chi connectivity index (χ2v) is 10.5. The summed E-state index contributed by atoms with van der Waals surface area (Å²) in [5.74, 6) is 0. The highest BCUT2D eigenvalue weighted by Crippen LogP contribution is 2.51. The van der Waals surface area contributed by atoms with Crippen LogP contribution in [0.2, 0.25) is 0 Å². The Morgan fingerprint density at radius 2 is 0.780 bits per heavy atom. The summed E-state index contributed by atoms with van der Waals surface area (Å²) in [7, 11) is 0. The van der Waals surface area contributed by atoms with E-state index in [0.717, 1.165) is 0 Å². The molecule has 0 unspecified atom stereocenters. The number of fused-ring (bicyclic) bond motifs is 3. The molecule has 41 heavy (non-hydrogen) atoms. The third-order valence-electron chi connectivity index (χ3n) is 8.16. The fraction of sp³-hybridized carbons (Fsp3) is 0. The van der Waals surface area contributed by atoms with E-state index in [9.17, 15) is 0 Å². The van der Waals surface area contributed by atoms with Crippen LogP contribution in [0.15, 0.2) is 164 Å². The van der Waals surface area contributed by atoms with Crippen molar-refractivity contribution in [3.8, 4) is 0 Å². The van der Waals surface area contributed by atoms with Gasteiger partial charge in [-0.2, -0.15) is 0 Å². The Balaban J connectivity index is 1.71. The second-order valence-electron chi connectivity index (χ2n) is 10.5. The molecule has 0 N–H and O–H groups in total. The highest BCUT2D eigenvalue weighted by atomic mass is 15.0. The molecule has 1 heteroatoms. The number of para-hydroxylation sites is 2. The molecule has 7 aromatic rings. The molecule has 0 radical (unpaired) electrons. The van der Waals surface area contributed by atoms with Gasteiger partial charge in [-0.1, -0.05) is 158 Å². The van der Waals surface area contributed by atoms with E-state index in [-0.39, 0.29) is 0 Å². The van der Waals surface area contributed by atoms with Crippen LogP contribution in [0.4, 0.5) is 0 Å². The fourth-order valence-corrected chi connectivity index (χ4v) is 6.50. The first-order chi connectivity index (χ1) is 20.4. The van der Waals surface area contributed by atoms with Crippen LogP contribution in [0, 0.1) is 0 Å². The highest BCUT2D eigenvalue weighted by Gasteiger charge is 2.30. The van der Waals surface area contributed by atoms with Crippen molar-refractivity contribution in [2.24, 2.45) is 0 Å². The summed E-state index contributed by atoms with van der Waals surface area (Å²) in [6, 6.07) is 59.2. The van der Waals surface area contributed by atoms with Crippen LogP contribution in [0.25, 0.3) is 44.2 Å². The third-order valence-corrected chi connectivity index (χ3v) is 8.16. The molecule has 1 aliphatic rings. The van der Waals surface area contributed by atoms with Gasteiger partial charge in [0.2, 0.25) is 0 Å². The minimum absolute atomic E-state index is 1.19. The Kier molecular flexibility index (Phi) is 5.53. The first-order valence-corrected chi connectivity index (χ1v) is 14.1. The normalized spacial score (nSPS) is 13.2. The largest absolute Gasteiger partial charge is 0.307 e. The maximum Gasteiger partial charge on any atom is 0.0620 e. The summed E-state index contributed by atoms with van der Waals surface area (Å²) < 4.78 is 2.52. The van der Waals surface area contributed by atoms with Crippen LogP contribution >= 0.6 is 0 Å². The molecule has 0 saturated heterocycles. The summed E-state index contributed by atoms with van der Waals surface area (Å²) in [5.41, 5.74) is 13.4. The molecule has 0 amide bonds. The predicted octanol–water partition coefficient (Wildman–Crippen LogP) is 10.2. The van der Waals surface area contributed by atoms with E-state index in [1.54, 1.807) is 0 Å². The molecule has 0 aliphatic carbocycles. The van der Waals surface area contributed by atoms with Gasteiger partial charge in [0.15, 0.2) is 0 Å². The quantitative estimate of drug-likeness (QED) is 0.217. The number of rotatable bonds is 4. The molecule has 0 saturated carbocycles. The Hall–Kier alpha value is -5.40. The minimum atomic E-state index is 1.19. The van der Waals surface area contributed by atoms with Gasteiger partial charge >= 0.3 is 0 Å². The van der Waals surface area contributed by atoms with Crippen LogP contribution in [0.5, 0.6) is 0 Å². The topological polar surface area (TPSA) is 4.93 Å². The van der Waals surface area contributed by atoms with Gasteiger partial charge in [-0.25, -0.2) is 0 Å². The zero-order valence-electron chi connectivity index (χ0n) is 22.5. The van der Waals surface area contributed by atoms with E-state index >= 15 is 0 Å². The van der Waals surface area contributed by atoms with E-state index in [0.29, 0.717) is 0 Å². The Bertz CT molecular complexity index is 2100. The van der Waals surface area contributed by atoms with Crippen LogP contribution in [0.3, 0.4) is 0 Å². The van der Waals surface area contributed by atoms with Crippen molar-refractivity contribution >= 4 is 44.2 Å². The summed E-state index contributed by atoms with van der Waals surface area (Å²) >= 11 is 0. The average molecular weight is 522 g/mol. The molecule has 0 spiro atoms. The maximum atomic E-state index is 2.52.